The molecule has 4 aromatic rings. The summed E-state index contributed by atoms with van der Waals surface area (Å²) in [7, 11) is 0. The summed E-state index contributed by atoms with van der Waals surface area (Å²) in [5.74, 6) is -2.85. The molecule has 0 unspecified atom stereocenters. The molecular weight excluding hydrogens is 481 g/mol. The topological polar surface area (TPSA) is 69.0 Å². The minimum atomic E-state index is -1.27. The first-order valence-corrected chi connectivity index (χ1v) is 10.9. The Bertz CT molecular complexity index is 1360. The number of pyridine rings is 1. The highest BCUT2D eigenvalue weighted by atomic mass is 35.5. The van der Waals surface area contributed by atoms with E-state index in [2.05, 4.69) is 15.4 Å². The third-order valence-electron chi connectivity index (χ3n) is 5.13. The quantitative estimate of drug-likeness (QED) is 0.326. The standard InChI is InChI=1S/C25H20ClF3N4O2/c1-15-8-24(31-25(34)11-19-4-2-3-7-30-19)32-33(15)13-16-9-18(26)5-6-23(16)35-14-17-10-21(28)22(29)12-20(17)27/h2-10,12H,11,13-14H2,1H3,(H,31,32,34). The summed E-state index contributed by atoms with van der Waals surface area (Å²) in [5.41, 5.74) is 1.89. The van der Waals surface area contributed by atoms with Crippen LogP contribution in [0.1, 0.15) is 22.5 Å². The molecule has 2 aromatic carbocycles. The van der Waals surface area contributed by atoms with Crippen LogP contribution >= 0.6 is 11.6 Å². The second kappa shape index (κ2) is 10.6. The molecule has 1 N–H and O–H groups in total. The van der Waals surface area contributed by atoms with Crippen LogP contribution in [0.3, 0.4) is 0 Å². The van der Waals surface area contributed by atoms with Crippen LogP contribution < -0.4 is 10.1 Å². The predicted molar refractivity (Wildman–Crippen MR) is 125 cm³/mol. The fraction of sp³-hybridized carbons (Fsp3) is 0.160. The summed E-state index contributed by atoms with van der Waals surface area (Å²) in [6.07, 6.45) is 1.73. The molecular formula is C25H20ClF3N4O2. The van der Waals surface area contributed by atoms with Crippen LogP contribution in [0.15, 0.2) is 60.8 Å². The van der Waals surface area contributed by atoms with Gasteiger partial charge in [0.05, 0.1) is 13.0 Å². The van der Waals surface area contributed by atoms with Crippen molar-refractivity contribution < 1.29 is 22.7 Å². The Morgan fingerprint density at radius 1 is 1.03 bits per heavy atom. The van der Waals surface area contributed by atoms with E-state index in [1.54, 1.807) is 53.3 Å². The minimum absolute atomic E-state index is 0.111. The van der Waals surface area contributed by atoms with Gasteiger partial charge in [-0.1, -0.05) is 17.7 Å². The van der Waals surface area contributed by atoms with Crippen molar-refractivity contribution in [3.05, 3.63) is 106 Å². The largest absolute Gasteiger partial charge is 0.488 e. The van der Waals surface area contributed by atoms with Gasteiger partial charge in [-0.3, -0.25) is 14.5 Å². The number of halogens is 4. The van der Waals surface area contributed by atoms with E-state index in [0.717, 1.165) is 11.8 Å². The first-order valence-electron chi connectivity index (χ1n) is 10.6. The molecule has 0 aliphatic heterocycles. The molecule has 180 valence electrons. The van der Waals surface area contributed by atoms with E-state index in [1.807, 2.05) is 6.92 Å². The van der Waals surface area contributed by atoms with Gasteiger partial charge in [0.25, 0.3) is 0 Å². The van der Waals surface area contributed by atoms with Crippen LogP contribution in [-0.2, 0) is 24.4 Å². The van der Waals surface area contributed by atoms with Gasteiger partial charge in [0.1, 0.15) is 18.2 Å². The summed E-state index contributed by atoms with van der Waals surface area (Å²) in [6.45, 7) is 1.74. The van der Waals surface area contributed by atoms with Gasteiger partial charge in [0.15, 0.2) is 17.5 Å². The highest BCUT2D eigenvalue weighted by molar-refractivity contribution is 6.30. The normalized spacial score (nSPS) is 10.9. The van der Waals surface area contributed by atoms with Crippen molar-refractivity contribution in [1.82, 2.24) is 14.8 Å². The third kappa shape index (κ3) is 6.19. The van der Waals surface area contributed by atoms with Crippen LogP contribution in [0.2, 0.25) is 5.02 Å². The number of aryl methyl sites for hydroxylation is 1. The third-order valence-corrected chi connectivity index (χ3v) is 5.37. The molecule has 0 aliphatic carbocycles. The van der Waals surface area contributed by atoms with Gasteiger partial charge in [-0.05, 0) is 43.3 Å². The number of rotatable bonds is 8. The lowest BCUT2D eigenvalue weighted by Crippen LogP contribution is -2.16. The zero-order valence-electron chi connectivity index (χ0n) is 18.6. The summed E-state index contributed by atoms with van der Waals surface area (Å²) >= 11 is 6.16. The first kappa shape index (κ1) is 24.3. The molecule has 0 atom stereocenters. The Morgan fingerprint density at radius 2 is 1.83 bits per heavy atom. The summed E-state index contributed by atoms with van der Waals surface area (Å²) in [6, 6.07) is 13.2. The Morgan fingerprint density at radius 3 is 2.60 bits per heavy atom. The number of nitrogens with zero attached hydrogens (tertiary/aromatic N) is 3. The van der Waals surface area contributed by atoms with Gasteiger partial charge in [0, 0.05) is 45.9 Å². The fourth-order valence-electron chi connectivity index (χ4n) is 3.39. The molecule has 2 heterocycles. The second-order valence-corrected chi connectivity index (χ2v) is 8.21. The number of carbonyl (C=O) groups excluding carboxylic acids is 1. The maximum absolute atomic E-state index is 14.0. The number of carbonyl (C=O) groups is 1. The summed E-state index contributed by atoms with van der Waals surface area (Å²) in [5, 5.41) is 7.62. The van der Waals surface area contributed by atoms with Crippen molar-refractivity contribution in [2.24, 2.45) is 0 Å². The molecule has 0 saturated carbocycles. The maximum Gasteiger partial charge on any atom is 0.231 e. The lowest BCUT2D eigenvalue weighted by molar-refractivity contribution is -0.115. The molecule has 4 rings (SSSR count). The van der Waals surface area contributed by atoms with E-state index in [-0.39, 0.29) is 31.0 Å². The number of benzene rings is 2. The Labute approximate surface area is 204 Å². The maximum atomic E-state index is 14.0. The predicted octanol–water partition coefficient (Wildman–Crippen LogP) is 5.47. The van der Waals surface area contributed by atoms with Gasteiger partial charge in [-0.25, -0.2) is 13.2 Å². The number of amides is 1. The van der Waals surface area contributed by atoms with E-state index >= 15 is 0 Å². The molecule has 10 heteroatoms. The molecule has 6 nitrogen and oxygen atoms in total. The number of hydrogen-bond acceptors (Lipinski definition) is 4. The van der Waals surface area contributed by atoms with Crippen LogP contribution in [0, 0.1) is 24.4 Å². The molecule has 1 amide bonds. The average molecular weight is 501 g/mol. The van der Waals surface area contributed by atoms with Gasteiger partial charge in [0.2, 0.25) is 5.91 Å². The van der Waals surface area contributed by atoms with Crippen LogP contribution in [0.4, 0.5) is 19.0 Å². The highest BCUT2D eigenvalue weighted by Crippen LogP contribution is 2.26. The zero-order chi connectivity index (χ0) is 24.9. The van der Waals surface area contributed by atoms with Gasteiger partial charge >= 0.3 is 0 Å². The lowest BCUT2D eigenvalue weighted by atomic mass is 10.2. The smallest absolute Gasteiger partial charge is 0.231 e. The Balaban J connectivity index is 1.47. The van der Waals surface area contributed by atoms with Crippen LogP contribution in [0.5, 0.6) is 5.75 Å². The van der Waals surface area contributed by atoms with Crippen molar-refractivity contribution in [2.75, 3.05) is 5.32 Å². The molecule has 0 bridgehead atoms. The van der Waals surface area contributed by atoms with Gasteiger partial charge in [-0.2, -0.15) is 5.10 Å². The van der Waals surface area contributed by atoms with E-state index in [9.17, 15) is 18.0 Å². The van der Waals surface area contributed by atoms with E-state index in [1.165, 1.54) is 0 Å². The molecule has 0 radical (unpaired) electrons. The van der Waals surface area contributed by atoms with E-state index in [0.29, 0.717) is 33.9 Å². The monoisotopic (exact) mass is 500 g/mol. The molecule has 2 aromatic heterocycles. The SMILES string of the molecule is Cc1cc(NC(=O)Cc2ccccn2)nn1Cc1cc(Cl)ccc1OCc1cc(F)c(F)cc1F. The van der Waals surface area contributed by atoms with Crippen molar-refractivity contribution in [3.8, 4) is 5.75 Å². The molecule has 0 spiro atoms. The number of nitrogens with one attached hydrogen (secondary N) is 1. The fourth-order valence-corrected chi connectivity index (χ4v) is 3.58. The van der Waals surface area contributed by atoms with Crippen molar-refractivity contribution in [3.63, 3.8) is 0 Å². The number of aromatic nitrogens is 3. The molecule has 0 saturated heterocycles. The average Bonchev–Trinajstić information content (AvgIpc) is 3.15. The van der Waals surface area contributed by atoms with Crippen molar-refractivity contribution in [1.29, 1.82) is 0 Å². The zero-order valence-corrected chi connectivity index (χ0v) is 19.3. The molecule has 0 aliphatic rings. The first-order chi connectivity index (χ1) is 16.8. The Kier molecular flexibility index (Phi) is 7.36. The second-order valence-electron chi connectivity index (χ2n) is 7.77. The number of ether oxygens (including phenoxy) is 1. The lowest BCUT2D eigenvalue weighted by Gasteiger charge is -2.14. The van der Waals surface area contributed by atoms with E-state index in [4.69, 9.17) is 16.3 Å². The van der Waals surface area contributed by atoms with Gasteiger partial charge in [-0.15, -0.1) is 0 Å². The number of hydrogen-bond donors (Lipinski definition) is 1. The van der Waals surface area contributed by atoms with Crippen molar-refractivity contribution in [2.45, 2.75) is 26.5 Å². The Hall–Kier alpha value is -3.85. The molecule has 35 heavy (non-hydrogen) atoms. The van der Waals surface area contributed by atoms with E-state index < -0.39 is 17.5 Å². The summed E-state index contributed by atoms with van der Waals surface area (Å²) in [4.78, 5) is 16.5. The van der Waals surface area contributed by atoms with Crippen LogP contribution in [-0.4, -0.2) is 20.7 Å². The minimum Gasteiger partial charge on any atom is -0.488 e. The number of anilines is 1. The van der Waals surface area contributed by atoms with Crippen molar-refractivity contribution >= 4 is 23.3 Å². The highest BCUT2D eigenvalue weighted by Gasteiger charge is 2.14. The van der Waals surface area contributed by atoms with Crippen LogP contribution in [0.25, 0.3) is 0 Å². The van der Waals surface area contributed by atoms with Gasteiger partial charge < -0.3 is 10.1 Å². The molecule has 0 fully saturated rings. The summed E-state index contributed by atoms with van der Waals surface area (Å²) < 4.78 is 48.0.